The SMILES string of the molecule is COc1ccc(-c2csc(NC(=O)COc3ccc(Br)cc3Br)n2)cc1. The third kappa shape index (κ3) is 4.84. The van der Waals surface area contributed by atoms with E-state index in [1.165, 1.54) is 11.3 Å². The number of thiazole rings is 1. The monoisotopic (exact) mass is 496 g/mol. The minimum Gasteiger partial charge on any atom is -0.497 e. The van der Waals surface area contributed by atoms with Gasteiger partial charge in [0.1, 0.15) is 11.5 Å². The Hall–Kier alpha value is -1.90. The summed E-state index contributed by atoms with van der Waals surface area (Å²) >= 11 is 8.13. The summed E-state index contributed by atoms with van der Waals surface area (Å²) in [6, 6.07) is 13.1. The van der Waals surface area contributed by atoms with Gasteiger partial charge in [0.2, 0.25) is 0 Å². The van der Waals surface area contributed by atoms with Crippen molar-refractivity contribution in [3.05, 3.63) is 56.8 Å². The van der Waals surface area contributed by atoms with E-state index in [9.17, 15) is 4.79 Å². The molecule has 1 N–H and O–H groups in total. The van der Waals surface area contributed by atoms with Gasteiger partial charge < -0.3 is 9.47 Å². The highest BCUT2D eigenvalue weighted by Crippen LogP contribution is 2.29. The molecular formula is C18H14Br2N2O3S. The summed E-state index contributed by atoms with van der Waals surface area (Å²) in [6.07, 6.45) is 0. The second-order valence-corrected chi connectivity index (χ2v) is 7.81. The number of methoxy groups -OCH3 is 1. The molecule has 0 fully saturated rings. The number of anilines is 1. The quantitative estimate of drug-likeness (QED) is 0.497. The molecule has 0 saturated heterocycles. The average molecular weight is 498 g/mol. The van der Waals surface area contributed by atoms with Crippen LogP contribution < -0.4 is 14.8 Å². The van der Waals surface area contributed by atoms with Crippen LogP contribution in [0.15, 0.2) is 56.8 Å². The zero-order valence-electron chi connectivity index (χ0n) is 13.7. The van der Waals surface area contributed by atoms with Crippen molar-refractivity contribution in [2.45, 2.75) is 0 Å². The first-order valence-electron chi connectivity index (χ1n) is 7.53. The van der Waals surface area contributed by atoms with Crippen molar-refractivity contribution in [2.75, 3.05) is 19.0 Å². The van der Waals surface area contributed by atoms with Gasteiger partial charge in [0, 0.05) is 15.4 Å². The summed E-state index contributed by atoms with van der Waals surface area (Å²) in [6.45, 7) is -0.0995. The number of hydrogen-bond donors (Lipinski definition) is 1. The fourth-order valence-corrected chi connectivity index (χ4v) is 4.01. The van der Waals surface area contributed by atoms with E-state index in [1.807, 2.05) is 41.8 Å². The summed E-state index contributed by atoms with van der Waals surface area (Å²) in [5, 5.41) is 5.17. The molecule has 0 unspecified atom stereocenters. The first-order valence-corrected chi connectivity index (χ1v) is 9.99. The van der Waals surface area contributed by atoms with Crippen LogP contribution in [0.25, 0.3) is 11.3 Å². The minimum atomic E-state index is -0.268. The van der Waals surface area contributed by atoms with Crippen LogP contribution >= 0.6 is 43.2 Å². The number of nitrogens with zero attached hydrogens (tertiary/aromatic N) is 1. The Kier molecular flexibility index (Phi) is 6.29. The third-order valence-electron chi connectivity index (χ3n) is 3.39. The van der Waals surface area contributed by atoms with Gasteiger partial charge in [0.15, 0.2) is 11.7 Å². The molecule has 0 aliphatic carbocycles. The van der Waals surface area contributed by atoms with Crippen LogP contribution in [-0.4, -0.2) is 24.6 Å². The molecule has 134 valence electrons. The summed E-state index contributed by atoms with van der Waals surface area (Å²) in [7, 11) is 1.63. The Morgan fingerprint density at radius 2 is 1.96 bits per heavy atom. The Bertz CT molecular complexity index is 913. The van der Waals surface area contributed by atoms with Crippen molar-refractivity contribution in [3.63, 3.8) is 0 Å². The van der Waals surface area contributed by atoms with Crippen LogP contribution in [0.5, 0.6) is 11.5 Å². The van der Waals surface area contributed by atoms with Gasteiger partial charge in [0.05, 0.1) is 17.3 Å². The number of nitrogens with one attached hydrogen (secondary N) is 1. The number of carbonyl (C=O) groups excluding carboxylic acids is 1. The van der Waals surface area contributed by atoms with E-state index in [2.05, 4.69) is 42.2 Å². The predicted octanol–water partition coefficient (Wildman–Crippen LogP) is 5.36. The number of rotatable bonds is 6. The van der Waals surface area contributed by atoms with E-state index in [1.54, 1.807) is 13.2 Å². The molecular weight excluding hydrogens is 484 g/mol. The number of carbonyl (C=O) groups is 1. The highest BCUT2D eigenvalue weighted by Gasteiger charge is 2.10. The molecule has 0 aliphatic rings. The molecule has 8 heteroatoms. The van der Waals surface area contributed by atoms with Gasteiger partial charge in [-0.25, -0.2) is 4.98 Å². The Balaban J connectivity index is 1.58. The number of ether oxygens (including phenoxy) is 2. The molecule has 3 rings (SSSR count). The standard InChI is InChI=1S/C18H14Br2N2O3S/c1-24-13-5-2-11(3-6-13)15-10-26-18(21-15)22-17(23)9-25-16-7-4-12(19)8-14(16)20/h2-8,10H,9H2,1H3,(H,21,22,23). The highest BCUT2D eigenvalue weighted by molar-refractivity contribution is 9.11. The zero-order chi connectivity index (χ0) is 18.5. The Morgan fingerprint density at radius 1 is 1.19 bits per heavy atom. The lowest BCUT2D eigenvalue weighted by Gasteiger charge is -2.08. The summed E-state index contributed by atoms with van der Waals surface area (Å²) in [5.41, 5.74) is 1.75. The van der Waals surface area contributed by atoms with Crippen molar-refractivity contribution in [1.29, 1.82) is 0 Å². The molecule has 5 nitrogen and oxygen atoms in total. The number of amides is 1. The summed E-state index contributed by atoms with van der Waals surface area (Å²) in [5.74, 6) is 1.12. The molecule has 2 aromatic carbocycles. The van der Waals surface area contributed by atoms with Crippen molar-refractivity contribution in [2.24, 2.45) is 0 Å². The first kappa shape index (κ1) is 18.9. The van der Waals surface area contributed by atoms with E-state index >= 15 is 0 Å². The highest BCUT2D eigenvalue weighted by atomic mass is 79.9. The first-order chi connectivity index (χ1) is 12.5. The van der Waals surface area contributed by atoms with E-state index in [-0.39, 0.29) is 12.5 Å². The molecule has 0 spiro atoms. The van der Waals surface area contributed by atoms with Gasteiger partial charge in [-0.2, -0.15) is 0 Å². The molecule has 0 bridgehead atoms. The molecule has 0 aliphatic heterocycles. The predicted molar refractivity (Wildman–Crippen MR) is 110 cm³/mol. The lowest BCUT2D eigenvalue weighted by Crippen LogP contribution is -2.20. The summed E-state index contributed by atoms with van der Waals surface area (Å²) in [4.78, 5) is 16.5. The second kappa shape index (κ2) is 8.66. The third-order valence-corrected chi connectivity index (χ3v) is 5.26. The molecule has 1 amide bonds. The van der Waals surface area contributed by atoms with Crippen molar-refractivity contribution in [1.82, 2.24) is 4.98 Å². The van der Waals surface area contributed by atoms with Gasteiger partial charge >= 0.3 is 0 Å². The van der Waals surface area contributed by atoms with Gasteiger partial charge in [-0.15, -0.1) is 11.3 Å². The molecule has 0 radical (unpaired) electrons. The van der Waals surface area contributed by atoms with Gasteiger partial charge in [-0.05, 0) is 58.4 Å². The number of aromatic nitrogens is 1. The van der Waals surface area contributed by atoms with Crippen LogP contribution in [0, 0.1) is 0 Å². The maximum Gasteiger partial charge on any atom is 0.264 e. The van der Waals surface area contributed by atoms with Crippen molar-refractivity contribution < 1.29 is 14.3 Å². The van der Waals surface area contributed by atoms with Gasteiger partial charge in [-0.3, -0.25) is 10.1 Å². The maximum atomic E-state index is 12.1. The fraction of sp³-hybridized carbons (Fsp3) is 0.111. The number of hydrogen-bond acceptors (Lipinski definition) is 5. The number of halogens is 2. The molecule has 26 heavy (non-hydrogen) atoms. The van der Waals surface area contributed by atoms with Crippen molar-refractivity contribution >= 4 is 54.2 Å². The van der Waals surface area contributed by atoms with Crippen LogP contribution in [0.1, 0.15) is 0 Å². The molecule has 1 heterocycles. The topological polar surface area (TPSA) is 60.5 Å². The lowest BCUT2D eigenvalue weighted by atomic mass is 10.2. The second-order valence-electron chi connectivity index (χ2n) is 5.18. The van der Waals surface area contributed by atoms with Gasteiger partial charge in [0.25, 0.3) is 5.91 Å². The van der Waals surface area contributed by atoms with E-state index in [4.69, 9.17) is 9.47 Å². The molecule has 1 aromatic heterocycles. The fourth-order valence-electron chi connectivity index (χ4n) is 2.12. The molecule has 0 saturated carbocycles. The van der Waals surface area contributed by atoms with E-state index in [0.29, 0.717) is 10.9 Å². The van der Waals surface area contributed by atoms with E-state index < -0.39 is 0 Å². The average Bonchev–Trinajstić information content (AvgIpc) is 3.09. The number of benzene rings is 2. The maximum absolute atomic E-state index is 12.1. The smallest absolute Gasteiger partial charge is 0.264 e. The minimum absolute atomic E-state index is 0.0995. The largest absolute Gasteiger partial charge is 0.497 e. The van der Waals surface area contributed by atoms with Crippen LogP contribution in [-0.2, 0) is 4.79 Å². The van der Waals surface area contributed by atoms with E-state index in [0.717, 1.165) is 26.0 Å². The molecule has 0 atom stereocenters. The normalized spacial score (nSPS) is 10.4. The van der Waals surface area contributed by atoms with Crippen LogP contribution in [0.3, 0.4) is 0 Å². The van der Waals surface area contributed by atoms with Crippen molar-refractivity contribution in [3.8, 4) is 22.8 Å². The Labute approximate surface area is 171 Å². The van der Waals surface area contributed by atoms with Crippen LogP contribution in [0.4, 0.5) is 5.13 Å². The lowest BCUT2D eigenvalue weighted by molar-refractivity contribution is -0.118. The van der Waals surface area contributed by atoms with Gasteiger partial charge in [-0.1, -0.05) is 15.9 Å². The van der Waals surface area contributed by atoms with Crippen LogP contribution in [0.2, 0.25) is 0 Å². The Morgan fingerprint density at radius 3 is 2.65 bits per heavy atom. The zero-order valence-corrected chi connectivity index (χ0v) is 17.7. The summed E-state index contributed by atoms with van der Waals surface area (Å²) < 4.78 is 12.4. The molecule has 3 aromatic rings.